The standard InChI is InChI=1S/C18H22ClFN4O.HI/c1-2-21-18(22-8-7-13-4-6-17(19)23-10-13)24-11-14-3-5-16(20)15(9-14)12-25;/h3-6,9-10,25H,2,7-8,11-12H2,1H3,(H2,21,22,24);1H. The van der Waals surface area contributed by atoms with Crippen molar-refractivity contribution in [3.05, 3.63) is 64.2 Å². The molecule has 0 atom stereocenters. The van der Waals surface area contributed by atoms with E-state index in [9.17, 15) is 4.39 Å². The number of guanidine groups is 1. The lowest BCUT2D eigenvalue weighted by atomic mass is 10.1. The van der Waals surface area contributed by atoms with Gasteiger partial charge in [0, 0.05) is 24.8 Å². The number of nitrogens with zero attached hydrogens (tertiary/aromatic N) is 2. The Bertz CT molecular complexity index is 713. The second kappa shape index (κ2) is 12.0. The van der Waals surface area contributed by atoms with Gasteiger partial charge in [0.25, 0.3) is 0 Å². The molecule has 1 aromatic heterocycles. The first-order valence-corrected chi connectivity index (χ1v) is 8.51. The van der Waals surface area contributed by atoms with E-state index < -0.39 is 5.82 Å². The molecule has 0 amide bonds. The Morgan fingerprint density at radius 3 is 2.65 bits per heavy atom. The lowest BCUT2D eigenvalue weighted by Gasteiger charge is -2.11. The monoisotopic (exact) mass is 492 g/mol. The molecular formula is C18H23ClFIN4O. The number of aliphatic hydroxyl groups is 1. The molecule has 0 bridgehead atoms. The van der Waals surface area contributed by atoms with Crippen molar-refractivity contribution in [1.82, 2.24) is 15.6 Å². The molecular weight excluding hydrogens is 470 g/mol. The minimum atomic E-state index is -0.406. The third kappa shape index (κ3) is 7.43. The molecule has 0 aliphatic rings. The average molecular weight is 493 g/mol. The highest BCUT2D eigenvalue weighted by Crippen LogP contribution is 2.11. The molecule has 0 unspecified atom stereocenters. The van der Waals surface area contributed by atoms with E-state index in [1.807, 2.05) is 13.0 Å². The molecule has 0 aliphatic carbocycles. The molecule has 2 rings (SSSR count). The zero-order valence-corrected chi connectivity index (χ0v) is 17.6. The van der Waals surface area contributed by atoms with Crippen LogP contribution >= 0.6 is 35.6 Å². The Hall–Kier alpha value is -1.45. The largest absolute Gasteiger partial charge is 0.392 e. The molecule has 0 aliphatic heterocycles. The van der Waals surface area contributed by atoms with E-state index in [1.54, 1.807) is 24.4 Å². The van der Waals surface area contributed by atoms with Crippen LogP contribution in [-0.4, -0.2) is 29.1 Å². The average Bonchev–Trinajstić information content (AvgIpc) is 2.62. The first-order chi connectivity index (χ1) is 12.1. The van der Waals surface area contributed by atoms with Crippen molar-refractivity contribution in [2.45, 2.75) is 26.5 Å². The third-order valence-electron chi connectivity index (χ3n) is 3.54. The zero-order chi connectivity index (χ0) is 18.1. The smallest absolute Gasteiger partial charge is 0.191 e. The normalized spacial score (nSPS) is 11.0. The molecule has 26 heavy (non-hydrogen) atoms. The molecule has 0 saturated carbocycles. The summed E-state index contributed by atoms with van der Waals surface area (Å²) in [5, 5.41) is 16.0. The number of nitrogens with one attached hydrogen (secondary N) is 2. The topological polar surface area (TPSA) is 69.5 Å². The number of aliphatic hydroxyl groups excluding tert-OH is 1. The second-order valence-corrected chi connectivity index (χ2v) is 5.83. The number of aromatic nitrogens is 1. The van der Waals surface area contributed by atoms with E-state index >= 15 is 0 Å². The Labute approximate surface area is 175 Å². The fourth-order valence-corrected chi connectivity index (χ4v) is 2.35. The molecule has 0 fully saturated rings. The highest BCUT2D eigenvalue weighted by molar-refractivity contribution is 14.0. The van der Waals surface area contributed by atoms with Crippen molar-refractivity contribution >= 4 is 41.5 Å². The number of hydrogen-bond donors (Lipinski definition) is 3. The number of benzene rings is 1. The first kappa shape index (κ1) is 22.6. The van der Waals surface area contributed by atoms with Crippen LogP contribution in [-0.2, 0) is 19.6 Å². The first-order valence-electron chi connectivity index (χ1n) is 8.13. The molecule has 0 radical (unpaired) electrons. The van der Waals surface area contributed by atoms with Crippen molar-refractivity contribution < 1.29 is 9.50 Å². The summed E-state index contributed by atoms with van der Waals surface area (Å²) in [6, 6.07) is 8.35. The highest BCUT2D eigenvalue weighted by Gasteiger charge is 2.03. The molecule has 3 N–H and O–H groups in total. The molecule has 2 aromatic rings. The molecule has 1 aromatic carbocycles. The predicted octanol–water partition coefficient (Wildman–Crippen LogP) is 3.28. The number of halogens is 3. The highest BCUT2D eigenvalue weighted by atomic mass is 127. The van der Waals surface area contributed by atoms with E-state index in [2.05, 4.69) is 20.6 Å². The maximum Gasteiger partial charge on any atom is 0.191 e. The molecule has 0 spiro atoms. The van der Waals surface area contributed by atoms with Gasteiger partial charge in [-0.2, -0.15) is 0 Å². The number of pyridine rings is 1. The van der Waals surface area contributed by atoms with Crippen molar-refractivity contribution in [2.24, 2.45) is 4.99 Å². The van der Waals surface area contributed by atoms with Crippen LogP contribution in [0.15, 0.2) is 41.5 Å². The van der Waals surface area contributed by atoms with Crippen LogP contribution in [0.1, 0.15) is 23.6 Å². The summed E-state index contributed by atoms with van der Waals surface area (Å²) in [5.41, 5.74) is 2.20. The van der Waals surface area contributed by atoms with Crippen LogP contribution < -0.4 is 10.6 Å². The van der Waals surface area contributed by atoms with Crippen molar-refractivity contribution in [3.8, 4) is 0 Å². The summed E-state index contributed by atoms with van der Waals surface area (Å²) in [4.78, 5) is 8.54. The van der Waals surface area contributed by atoms with Crippen molar-refractivity contribution in [2.75, 3.05) is 13.1 Å². The SMILES string of the molecule is CCNC(=NCc1ccc(F)c(CO)c1)NCCc1ccc(Cl)nc1.I. The summed E-state index contributed by atoms with van der Waals surface area (Å²) < 4.78 is 13.4. The summed E-state index contributed by atoms with van der Waals surface area (Å²) >= 11 is 5.77. The van der Waals surface area contributed by atoms with E-state index in [-0.39, 0.29) is 36.1 Å². The summed E-state index contributed by atoms with van der Waals surface area (Å²) in [6.45, 7) is 3.49. The summed E-state index contributed by atoms with van der Waals surface area (Å²) in [7, 11) is 0. The lowest BCUT2D eigenvalue weighted by molar-refractivity contribution is 0.275. The zero-order valence-electron chi connectivity index (χ0n) is 14.5. The Kier molecular flexibility index (Phi) is 10.5. The van der Waals surface area contributed by atoms with Crippen LogP contribution in [0.3, 0.4) is 0 Å². The minimum absolute atomic E-state index is 0. The van der Waals surface area contributed by atoms with Gasteiger partial charge in [-0.15, -0.1) is 24.0 Å². The van der Waals surface area contributed by atoms with Gasteiger partial charge in [-0.1, -0.05) is 23.7 Å². The number of rotatable bonds is 7. The predicted molar refractivity (Wildman–Crippen MR) is 114 cm³/mol. The van der Waals surface area contributed by atoms with Crippen LogP contribution in [0.5, 0.6) is 0 Å². The van der Waals surface area contributed by atoms with E-state index in [1.165, 1.54) is 6.07 Å². The van der Waals surface area contributed by atoms with Crippen molar-refractivity contribution in [3.63, 3.8) is 0 Å². The fourth-order valence-electron chi connectivity index (χ4n) is 2.24. The molecule has 0 saturated heterocycles. The van der Waals surface area contributed by atoms with Gasteiger partial charge in [0.1, 0.15) is 11.0 Å². The molecule has 142 valence electrons. The third-order valence-corrected chi connectivity index (χ3v) is 3.76. The quantitative estimate of drug-likeness (QED) is 0.240. The summed E-state index contributed by atoms with van der Waals surface area (Å²) in [6.07, 6.45) is 2.54. The van der Waals surface area contributed by atoms with Gasteiger partial charge >= 0.3 is 0 Å². The van der Waals surface area contributed by atoms with Gasteiger partial charge in [-0.3, -0.25) is 0 Å². The Morgan fingerprint density at radius 2 is 2.00 bits per heavy atom. The van der Waals surface area contributed by atoms with Crippen LogP contribution in [0, 0.1) is 5.82 Å². The van der Waals surface area contributed by atoms with Gasteiger partial charge in [-0.05, 0) is 42.7 Å². The Morgan fingerprint density at radius 1 is 1.23 bits per heavy atom. The van der Waals surface area contributed by atoms with Gasteiger partial charge < -0.3 is 15.7 Å². The van der Waals surface area contributed by atoms with Crippen LogP contribution in [0.4, 0.5) is 4.39 Å². The van der Waals surface area contributed by atoms with Gasteiger partial charge in [0.05, 0.1) is 13.2 Å². The number of aliphatic imine (C=N–C) groups is 1. The van der Waals surface area contributed by atoms with Crippen molar-refractivity contribution in [1.29, 1.82) is 0 Å². The molecule has 8 heteroatoms. The Balaban J connectivity index is 0.00000338. The maximum absolute atomic E-state index is 13.4. The summed E-state index contributed by atoms with van der Waals surface area (Å²) in [5.74, 6) is 0.274. The van der Waals surface area contributed by atoms with Gasteiger partial charge in [-0.25, -0.2) is 14.4 Å². The maximum atomic E-state index is 13.4. The van der Waals surface area contributed by atoms with E-state index in [0.717, 1.165) is 24.1 Å². The van der Waals surface area contributed by atoms with E-state index in [4.69, 9.17) is 16.7 Å². The van der Waals surface area contributed by atoms with E-state index in [0.29, 0.717) is 24.2 Å². The van der Waals surface area contributed by atoms with Gasteiger partial charge in [0.15, 0.2) is 5.96 Å². The number of hydrogen-bond acceptors (Lipinski definition) is 3. The second-order valence-electron chi connectivity index (χ2n) is 5.44. The van der Waals surface area contributed by atoms with Crippen LogP contribution in [0.25, 0.3) is 0 Å². The van der Waals surface area contributed by atoms with Crippen LogP contribution in [0.2, 0.25) is 5.15 Å². The minimum Gasteiger partial charge on any atom is -0.392 e. The lowest BCUT2D eigenvalue weighted by Crippen LogP contribution is -2.38. The molecule has 5 nitrogen and oxygen atoms in total. The fraction of sp³-hybridized carbons (Fsp3) is 0.333. The molecule has 1 heterocycles. The van der Waals surface area contributed by atoms with Gasteiger partial charge in [0.2, 0.25) is 0 Å².